The Balaban J connectivity index is 1.70. The summed E-state index contributed by atoms with van der Waals surface area (Å²) in [6.07, 6.45) is 3.12. The molecule has 2 aliphatic carbocycles. The number of amides is 1. The van der Waals surface area contributed by atoms with Crippen molar-refractivity contribution in [2.45, 2.75) is 30.7 Å². The maximum Gasteiger partial charge on any atom is 0.228 e. The van der Waals surface area contributed by atoms with Crippen LogP contribution >= 0.6 is 15.9 Å². The van der Waals surface area contributed by atoms with Gasteiger partial charge in [0.1, 0.15) is 0 Å². The highest BCUT2D eigenvalue weighted by Crippen LogP contribution is 2.40. The molecule has 0 aliphatic heterocycles. The smallest absolute Gasteiger partial charge is 0.228 e. The van der Waals surface area contributed by atoms with Crippen LogP contribution in [0, 0.1) is 0 Å². The largest absolute Gasteiger partial charge is 0.349 e. The summed E-state index contributed by atoms with van der Waals surface area (Å²) in [5, 5.41) is 4.05. The minimum atomic E-state index is 0.0710. The van der Waals surface area contributed by atoms with Crippen LogP contribution in [-0.4, -0.2) is 16.8 Å². The van der Waals surface area contributed by atoms with Crippen molar-refractivity contribution in [2.24, 2.45) is 0 Å². The molecule has 3 heteroatoms. The van der Waals surface area contributed by atoms with Gasteiger partial charge in [0.05, 0.1) is 5.92 Å². The van der Waals surface area contributed by atoms with Gasteiger partial charge >= 0.3 is 0 Å². The van der Waals surface area contributed by atoms with Crippen LogP contribution in [0.5, 0.6) is 0 Å². The number of carbonyl (C=O) groups excluding carboxylic acids is 1. The Labute approximate surface area is 104 Å². The lowest BCUT2D eigenvalue weighted by Crippen LogP contribution is -2.43. The lowest BCUT2D eigenvalue weighted by atomic mass is 9.77. The highest BCUT2D eigenvalue weighted by atomic mass is 79.9. The van der Waals surface area contributed by atoms with Gasteiger partial charge in [0.15, 0.2) is 0 Å². The predicted octanol–water partition coefficient (Wildman–Crippen LogP) is 2.37. The molecule has 84 valence electrons. The summed E-state index contributed by atoms with van der Waals surface area (Å²) in [6, 6.07) is 8.22. The molecule has 3 rings (SSSR count). The van der Waals surface area contributed by atoms with Crippen molar-refractivity contribution >= 4 is 21.8 Å². The van der Waals surface area contributed by atoms with E-state index in [0.29, 0.717) is 0 Å². The zero-order chi connectivity index (χ0) is 11.2. The van der Waals surface area contributed by atoms with Gasteiger partial charge in [0, 0.05) is 10.9 Å². The average molecular weight is 280 g/mol. The van der Waals surface area contributed by atoms with E-state index in [1.165, 1.54) is 11.1 Å². The summed E-state index contributed by atoms with van der Waals surface area (Å²) >= 11 is 3.47. The Morgan fingerprint density at radius 2 is 2.19 bits per heavy atom. The summed E-state index contributed by atoms with van der Waals surface area (Å²) in [6.45, 7) is 0. The second kappa shape index (κ2) is 3.59. The first-order valence-corrected chi connectivity index (χ1v) is 6.82. The summed E-state index contributed by atoms with van der Waals surface area (Å²) in [5.41, 5.74) is 2.61. The first-order valence-electron chi connectivity index (χ1n) is 5.70. The van der Waals surface area contributed by atoms with Crippen molar-refractivity contribution < 1.29 is 4.79 Å². The fourth-order valence-corrected chi connectivity index (χ4v) is 2.99. The molecule has 1 unspecified atom stereocenters. The van der Waals surface area contributed by atoms with Gasteiger partial charge in [-0.1, -0.05) is 40.2 Å². The lowest BCUT2D eigenvalue weighted by Gasteiger charge is -2.30. The molecule has 1 N–H and O–H groups in total. The molecule has 1 saturated carbocycles. The number of benzene rings is 1. The van der Waals surface area contributed by atoms with Crippen LogP contribution in [0.1, 0.15) is 29.9 Å². The van der Waals surface area contributed by atoms with E-state index in [9.17, 15) is 4.79 Å². The number of rotatable bonds is 3. The van der Waals surface area contributed by atoms with Crippen molar-refractivity contribution in [2.75, 3.05) is 5.33 Å². The normalized spacial score (nSPS) is 24.2. The van der Waals surface area contributed by atoms with Crippen molar-refractivity contribution in [1.82, 2.24) is 5.32 Å². The van der Waals surface area contributed by atoms with E-state index in [2.05, 4.69) is 33.4 Å². The van der Waals surface area contributed by atoms with Crippen LogP contribution in [0.2, 0.25) is 0 Å². The molecule has 0 spiro atoms. The third-order valence-electron chi connectivity index (χ3n) is 3.67. The first kappa shape index (κ1) is 10.3. The Morgan fingerprint density at radius 1 is 1.44 bits per heavy atom. The molecule has 16 heavy (non-hydrogen) atoms. The standard InChI is InChI=1S/C13H14BrNO/c14-8-13(5-6-13)15-12(16)11-7-9-3-1-2-4-10(9)11/h1-4,11H,5-8H2,(H,15,16). The SMILES string of the molecule is O=C(NC1(CBr)CC1)C1Cc2ccccc21. The quantitative estimate of drug-likeness (QED) is 0.846. The molecule has 0 aromatic heterocycles. The average Bonchev–Trinajstić information content (AvgIpc) is 3.00. The Kier molecular flexibility index (Phi) is 2.32. The second-order valence-electron chi connectivity index (χ2n) is 4.86. The maximum absolute atomic E-state index is 12.1. The Bertz CT molecular complexity index is 439. The topological polar surface area (TPSA) is 29.1 Å². The zero-order valence-corrected chi connectivity index (χ0v) is 10.6. The molecule has 1 fully saturated rings. The maximum atomic E-state index is 12.1. The third kappa shape index (κ3) is 1.58. The lowest BCUT2D eigenvalue weighted by molar-refractivity contribution is -0.123. The highest BCUT2D eigenvalue weighted by Gasteiger charge is 2.45. The Morgan fingerprint density at radius 3 is 2.81 bits per heavy atom. The van der Waals surface area contributed by atoms with Crippen LogP contribution in [0.25, 0.3) is 0 Å². The summed E-state index contributed by atoms with van der Waals surface area (Å²) < 4.78 is 0. The molecule has 1 atom stereocenters. The van der Waals surface area contributed by atoms with Crippen molar-refractivity contribution in [3.63, 3.8) is 0 Å². The summed E-state index contributed by atoms with van der Waals surface area (Å²) in [4.78, 5) is 12.1. The molecule has 1 aromatic carbocycles. The van der Waals surface area contributed by atoms with Crippen LogP contribution in [0.15, 0.2) is 24.3 Å². The molecule has 1 aromatic rings. The first-order chi connectivity index (χ1) is 7.74. The van der Waals surface area contributed by atoms with Crippen molar-refractivity contribution in [3.8, 4) is 0 Å². The number of fused-ring (bicyclic) bond motifs is 1. The number of halogens is 1. The summed E-state index contributed by atoms with van der Waals surface area (Å²) in [5.74, 6) is 0.295. The van der Waals surface area contributed by atoms with Gasteiger partial charge in [0.2, 0.25) is 5.91 Å². The molecule has 1 amide bonds. The van der Waals surface area contributed by atoms with Gasteiger partial charge in [-0.25, -0.2) is 0 Å². The van der Waals surface area contributed by atoms with Gasteiger partial charge in [-0.15, -0.1) is 0 Å². The van der Waals surface area contributed by atoms with E-state index in [0.717, 1.165) is 24.6 Å². The minimum Gasteiger partial charge on any atom is -0.349 e. The van der Waals surface area contributed by atoms with Crippen LogP contribution in [-0.2, 0) is 11.2 Å². The van der Waals surface area contributed by atoms with E-state index < -0.39 is 0 Å². The van der Waals surface area contributed by atoms with Gasteiger partial charge < -0.3 is 5.32 Å². The molecule has 0 heterocycles. The molecular weight excluding hydrogens is 266 g/mol. The minimum absolute atomic E-state index is 0.0710. The van der Waals surface area contributed by atoms with Crippen molar-refractivity contribution in [3.05, 3.63) is 35.4 Å². The van der Waals surface area contributed by atoms with Gasteiger partial charge in [0.25, 0.3) is 0 Å². The fourth-order valence-electron chi connectivity index (χ4n) is 2.28. The van der Waals surface area contributed by atoms with E-state index in [4.69, 9.17) is 0 Å². The van der Waals surface area contributed by atoms with E-state index in [-0.39, 0.29) is 17.4 Å². The van der Waals surface area contributed by atoms with Crippen LogP contribution in [0.3, 0.4) is 0 Å². The van der Waals surface area contributed by atoms with Crippen molar-refractivity contribution in [1.29, 1.82) is 0 Å². The molecule has 0 bridgehead atoms. The molecule has 0 radical (unpaired) electrons. The Hall–Kier alpha value is -0.830. The monoisotopic (exact) mass is 279 g/mol. The number of alkyl halides is 1. The fraction of sp³-hybridized carbons (Fsp3) is 0.462. The second-order valence-corrected chi connectivity index (χ2v) is 5.42. The number of nitrogens with one attached hydrogen (secondary N) is 1. The molecule has 0 saturated heterocycles. The van der Waals surface area contributed by atoms with E-state index in [1.54, 1.807) is 0 Å². The predicted molar refractivity (Wildman–Crippen MR) is 66.8 cm³/mol. The number of carbonyl (C=O) groups is 1. The van der Waals surface area contributed by atoms with Crippen LogP contribution < -0.4 is 5.32 Å². The zero-order valence-electron chi connectivity index (χ0n) is 9.00. The molecule has 2 nitrogen and oxygen atoms in total. The number of hydrogen-bond acceptors (Lipinski definition) is 1. The van der Waals surface area contributed by atoms with E-state index in [1.807, 2.05) is 12.1 Å². The van der Waals surface area contributed by atoms with Crippen LogP contribution in [0.4, 0.5) is 0 Å². The van der Waals surface area contributed by atoms with Gasteiger partial charge in [-0.3, -0.25) is 4.79 Å². The number of hydrogen-bond donors (Lipinski definition) is 1. The molecule has 2 aliphatic rings. The molecular formula is C13H14BrNO. The van der Waals surface area contributed by atoms with E-state index >= 15 is 0 Å². The highest BCUT2D eigenvalue weighted by molar-refractivity contribution is 9.09. The van der Waals surface area contributed by atoms with Gasteiger partial charge in [-0.05, 0) is 30.4 Å². The third-order valence-corrected chi connectivity index (χ3v) is 4.74. The summed E-state index contributed by atoms with van der Waals surface area (Å²) in [7, 11) is 0. The van der Waals surface area contributed by atoms with Gasteiger partial charge in [-0.2, -0.15) is 0 Å².